The summed E-state index contributed by atoms with van der Waals surface area (Å²) in [5, 5.41) is 3.60. The van der Waals surface area contributed by atoms with Crippen molar-refractivity contribution in [3.8, 4) is 23.8 Å². The van der Waals surface area contributed by atoms with E-state index in [0.717, 1.165) is 10.5 Å². The predicted octanol–water partition coefficient (Wildman–Crippen LogP) is 3.83. The number of benzene rings is 2. The zero-order chi connectivity index (χ0) is 21.1. The SMILES string of the molecule is C#CCOc1ccc(CCNC(=O)[C@H](CSc2ccc(Cl)cc2)OC)cc1OC. The summed E-state index contributed by atoms with van der Waals surface area (Å²) < 4.78 is 16.1. The van der Waals surface area contributed by atoms with Gasteiger partial charge in [0.2, 0.25) is 5.91 Å². The van der Waals surface area contributed by atoms with Crippen LogP contribution in [0.5, 0.6) is 11.5 Å². The highest BCUT2D eigenvalue weighted by molar-refractivity contribution is 7.99. The molecule has 0 bridgehead atoms. The quantitative estimate of drug-likeness (QED) is 0.431. The molecule has 0 heterocycles. The Kier molecular flexibility index (Phi) is 9.72. The van der Waals surface area contributed by atoms with E-state index < -0.39 is 6.10 Å². The molecule has 0 aliphatic rings. The summed E-state index contributed by atoms with van der Waals surface area (Å²) in [6.07, 6.45) is 5.33. The average molecular weight is 434 g/mol. The fraction of sp³-hybridized carbons (Fsp3) is 0.318. The van der Waals surface area contributed by atoms with Crippen molar-refractivity contribution < 1.29 is 19.0 Å². The van der Waals surface area contributed by atoms with Gasteiger partial charge in [0, 0.05) is 29.3 Å². The fourth-order valence-electron chi connectivity index (χ4n) is 2.50. The number of terminal acetylenes is 1. The van der Waals surface area contributed by atoms with Crippen molar-refractivity contribution in [3.05, 3.63) is 53.1 Å². The van der Waals surface area contributed by atoms with Crippen molar-refractivity contribution >= 4 is 29.3 Å². The normalized spacial score (nSPS) is 11.4. The second-order valence-electron chi connectivity index (χ2n) is 6.01. The molecule has 0 spiro atoms. The first-order valence-corrected chi connectivity index (χ1v) is 10.4. The molecule has 1 N–H and O–H groups in total. The van der Waals surface area contributed by atoms with Crippen molar-refractivity contribution in [1.82, 2.24) is 5.32 Å². The molecule has 154 valence electrons. The Labute approximate surface area is 181 Å². The number of rotatable bonds is 11. The zero-order valence-corrected chi connectivity index (χ0v) is 18.0. The van der Waals surface area contributed by atoms with Gasteiger partial charge < -0.3 is 19.5 Å². The first-order chi connectivity index (χ1) is 14.1. The van der Waals surface area contributed by atoms with E-state index in [-0.39, 0.29) is 12.5 Å². The molecule has 0 aliphatic heterocycles. The van der Waals surface area contributed by atoms with Gasteiger partial charge >= 0.3 is 0 Å². The van der Waals surface area contributed by atoms with E-state index in [0.29, 0.717) is 35.2 Å². The van der Waals surface area contributed by atoms with Crippen molar-refractivity contribution in [2.45, 2.75) is 17.4 Å². The fourth-order valence-corrected chi connectivity index (χ4v) is 3.59. The summed E-state index contributed by atoms with van der Waals surface area (Å²) in [5.74, 6) is 4.00. The third-order valence-corrected chi connectivity index (χ3v) is 5.37. The average Bonchev–Trinajstić information content (AvgIpc) is 2.74. The van der Waals surface area contributed by atoms with Crippen LogP contribution >= 0.6 is 23.4 Å². The summed E-state index contributed by atoms with van der Waals surface area (Å²) in [6, 6.07) is 13.1. The molecule has 0 fully saturated rings. The number of hydrogen-bond donors (Lipinski definition) is 1. The van der Waals surface area contributed by atoms with E-state index in [1.165, 1.54) is 7.11 Å². The Morgan fingerprint density at radius 2 is 1.97 bits per heavy atom. The van der Waals surface area contributed by atoms with Gasteiger partial charge in [0.1, 0.15) is 12.7 Å². The van der Waals surface area contributed by atoms with E-state index >= 15 is 0 Å². The summed E-state index contributed by atoms with van der Waals surface area (Å²) in [7, 11) is 3.11. The third kappa shape index (κ3) is 7.54. The number of thioether (sulfide) groups is 1. The number of nitrogens with one attached hydrogen (secondary N) is 1. The van der Waals surface area contributed by atoms with Gasteiger partial charge in [0.15, 0.2) is 11.5 Å². The van der Waals surface area contributed by atoms with Crippen LogP contribution in [0.3, 0.4) is 0 Å². The molecule has 1 amide bonds. The Morgan fingerprint density at radius 1 is 1.21 bits per heavy atom. The van der Waals surface area contributed by atoms with E-state index in [1.807, 2.05) is 42.5 Å². The maximum absolute atomic E-state index is 12.4. The van der Waals surface area contributed by atoms with E-state index in [1.54, 1.807) is 18.9 Å². The highest BCUT2D eigenvalue weighted by Crippen LogP contribution is 2.28. The number of hydrogen-bond acceptors (Lipinski definition) is 5. The lowest BCUT2D eigenvalue weighted by atomic mass is 10.1. The number of ether oxygens (including phenoxy) is 3. The van der Waals surface area contributed by atoms with E-state index in [4.69, 9.17) is 32.2 Å². The summed E-state index contributed by atoms with van der Waals surface area (Å²) in [5.41, 5.74) is 1.01. The van der Waals surface area contributed by atoms with Crippen LogP contribution in [0.2, 0.25) is 5.02 Å². The summed E-state index contributed by atoms with van der Waals surface area (Å²) in [6.45, 7) is 0.663. The van der Waals surface area contributed by atoms with Gasteiger partial charge in [-0.25, -0.2) is 0 Å². The van der Waals surface area contributed by atoms with Crippen LogP contribution in [0.1, 0.15) is 5.56 Å². The van der Waals surface area contributed by atoms with Crippen molar-refractivity contribution in [3.63, 3.8) is 0 Å². The highest BCUT2D eigenvalue weighted by Gasteiger charge is 2.17. The lowest BCUT2D eigenvalue weighted by molar-refractivity contribution is -0.129. The predicted molar refractivity (Wildman–Crippen MR) is 117 cm³/mol. The number of halogens is 1. The Morgan fingerprint density at radius 3 is 2.62 bits per heavy atom. The number of carbonyl (C=O) groups excluding carboxylic acids is 1. The van der Waals surface area contributed by atoms with Crippen molar-refractivity contribution in [2.75, 3.05) is 33.1 Å². The minimum absolute atomic E-state index is 0.144. The molecule has 2 aromatic rings. The molecule has 0 saturated carbocycles. The van der Waals surface area contributed by atoms with Gasteiger partial charge in [-0.2, -0.15) is 0 Å². The monoisotopic (exact) mass is 433 g/mol. The summed E-state index contributed by atoms with van der Waals surface area (Å²) >= 11 is 7.43. The van der Waals surface area contributed by atoms with Crippen LogP contribution in [0.15, 0.2) is 47.4 Å². The zero-order valence-electron chi connectivity index (χ0n) is 16.4. The topological polar surface area (TPSA) is 56.8 Å². The van der Waals surface area contributed by atoms with Crippen LogP contribution in [-0.2, 0) is 16.0 Å². The van der Waals surface area contributed by atoms with Crippen LogP contribution < -0.4 is 14.8 Å². The number of methoxy groups -OCH3 is 2. The largest absolute Gasteiger partial charge is 0.493 e. The van der Waals surface area contributed by atoms with Crippen LogP contribution in [0, 0.1) is 12.3 Å². The van der Waals surface area contributed by atoms with Crippen molar-refractivity contribution in [1.29, 1.82) is 0 Å². The van der Waals surface area contributed by atoms with Gasteiger partial charge in [-0.1, -0.05) is 23.6 Å². The number of carbonyl (C=O) groups is 1. The van der Waals surface area contributed by atoms with E-state index in [2.05, 4.69) is 11.2 Å². The molecule has 0 aromatic heterocycles. The molecule has 1 atom stereocenters. The standard InChI is InChI=1S/C22H24ClNO4S/c1-4-13-28-19-10-5-16(14-20(19)26-2)11-12-24-22(25)21(27-3)15-29-18-8-6-17(23)7-9-18/h1,5-10,14,21H,11-13,15H2,2-3H3,(H,24,25)/t21-/m0/s1. The first kappa shape index (κ1) is 23.0. The highest BCUT2D eigenvalue weighted by atomic mass is 35.5. The van der Waals surface area contributed by atoms with Crippen LogP contribution in [-0.4, -0.2) is 45.1 Å². The molecule has 2 aromatic carbocycles. The Balaban J connectivity index is 1.82. The molecule has 0 radical (unpaired) electrons. The van der Waals surface area contributed by atoms with Gasteiger partial charge in [-0.3, -0.25) is 4.79 Å². The molecule has 29 heavy (non-hydrogen) atoms. The van der Waals surface area contributed by atoms with Gasteiger partial charge in [0.05, 0.1) is 7.11 Å². The van der Waals surface area contributed by atoms with Gasteiger partial charge in [-0.15, -0.1) is 18.2 Å². The minimum Gasteiger partial charge on any atom is -0.493 e. The van der Waals surface area contributed by atoms with Crippen LogP contribution in [0.4, 0.5) is 0 Å². The molecule has 5 nitrogen and oxygen atoms in total. The molecular formula is C22H24ClNO4S. The first-order valence-electron chi connectivity index (χ1n) is 8.99. The Bertz CT molecular complexity index is 836. The maximum Gasteiger partial charge on any atom is 0.250 e. The molecule has 0 aliphatic carbocycles. The summed E-state index contributed by atoms with van der Waals surface area (Å²) in [4.78, 5) is 13.4. The molecular weight excluding hydrogens is 410 g/mol. The molecule has 2 rings (SSSR count). The smallest absolute Gasteiger partial charge is 0.250 e. The lowest BCUT2D eigenvalue weighted by Gasteiger charge is -2.15. The minimum atomic E-state index is -0.537. The van der Waals surface area contributed by atoms with Crippen molar-refractivity contribution in [2.24, 2.45) is 0 Å². The maximum atomic E-state index is 12.4. The van der Waals surface area contributed by atoms with Gasteiger partial charge in [-0.05, 0) is 48.4 Å². The van der Waals surface area contributed by atoms with Crippen LogP contribution in [0.25, 0.3) is 0 Å². The second-order valence-corrected chi connectivity index (χ2v) is 7.54. The second kappa shape index (κ2) is 12.3. The molecule has 0 saturated heterocycles. The molecule has 0 unspecified atom stereocenters. The Hall–Kier alpha value is -2.33. The number of amides is 1. The third-order valence-electron chi connectivity index (χ3n) is 4.04. The lowest BCUT2D eigenvalue weighted by Crippen LogP contribution is -2.38. The van der Waals surface area contributed by atoms with Gasteiger partial charge in [0.25, 0.3) is 0 Å². The molecule has 7 heteroatoms. The van der Waals surface area contributed by atoms with E-state index in [9.17, 15) is 4.79 Å².